The highest BCUT2D eigenvalue weighted by molar-refractivity contribution is 5.76. The quantitative estimate of drug-likeness (QED) is 0.761. The number of imidazole rings is 1. The first kappa shape index (κ1) is 19.3. The first-order chi connectivity index (χ1) is 12.6. The van der Waals surface area contributed by atoms with Gasteiger partial charge in [-0.1, -0.05) is 6.07 Å². The fourth-order valence-corrected chi connectivity index (χ4v) is 4.10. The number of aryl methyl sites for hydroxylation is 1. The molecule has 1 fully saturated rings. The normalized spacial score (nSPS) is 23.2. The van der Waals surface area contributed by atoms with E-state index in [0.29, 0.717) is 24.0 Å². The second-order valence-electron chi connectivity index (χ2n) is 7.81. The molecule has 1 aliphatic rings. The molecule has 0 bridgehead atoms. The number of benzene rings is 1. The van der Waals surface area contributed by atoms with Crippen LogP contribution in [0.3, 0.4) is 0 Å². The molecular weight excluding hydrogens is 324 g/mol. The predicted octanol–water partition coefficient (Wildman–Crippen LogP) is 3.06. The van der Waals surface area contributed by atoms with Crippen molar-refractivity contribution in [1.29, 1.82) is 0 Å². The molecule has 0 spiro atoms. The van der Waals surface area contributed by atoms with Gasteiger partial charge in [-0.3, -0.25) is 0 Å². The van der Waals surface area contributed by atoms with Gasteiger partial charge in [-0.25, -0.2) is 4.98 Å². The van der Waals surface area contributed by atoms with Gasteiger partial charge >= 0.3 is 0 Å². The van der Waals surface area contributed by atoms with Crippen LogP contribution in [0.15, 0.2) is 24.5 Å². The average Bonchev–Trinajstić information content (AvgIpc) is 3.05. The van der Waals surface area contributed by atoms with E-state index in [1.165, 1.54) is 23.9 Å². The SMILES string of the molecule is CNCC(COC1CCC(c2ccc3ncn(C)c3c2)CC1)C(C)NC. The van der Waals surface area contributed by atoms with E-state index < -0.39 is 0 Å². The standard InChI is InChI=1S/C21H34N4O/c1-15(23-3)18(12-22-2)13-26-19-8-5-16(6-9-19)17-7-10-20-21(11-17)25(4)14-24-20/h7,10-11,14-16,18-19,22-23H,5-6,8-9,12-13H2,1-4H3. The summed E-state index contributed by atoms with van der Waals surface area (Å²) in [6.07, 6.45) is 7.06. The fraction of sp³-hybridized carbons (Fsp3) is 0.667. The van der Waals surface area contributed by atoms with Crippen LogP contribution in [0.1, 0.15) is 44.1 Å². The Hall–Kier alpha value is -1.43. The highest BCUT2D eigenvalue weighted by Crippen LogP contribution is 2.35. The maximum Gasteiger partial charge on any atom is 0.0955 e. The first-order valence-electron chi connectivity index (χ1n) is 9.96. The molecule has 5 nitrogen and oxygen atoms in total. The van der Waals surface area contributed by atoms with Crippen molar-refractivity contribution in [2.24, 2.45) is 13.0 Å². The number of ether oxygens (including phenoxy) is 1. The summed E-state index contributed by atoms with van der Waals surface area (Å²) in [5.74, 6) is 1.16. The summed E-state index contributed by atoms with van der Waals surface area (Å²) < 4.78 is 8.40. The third-order valence-electron chi connectivity index (χ3n) is 6.07. The number of hydrogen-bond acceptors (Lipinski definition) is 4. The molecule has 0 amide bonds. The van der Waals surface area contributed by atoms with Crippen LogP contribution in [0.5, 0.6) is 0 Å². The van der Waals surface area contributed by atoms with E-state index in [0.717, 1.165) is 31.5 Å². The predicted molar refractivity (Wildman–Crippen MR) is 108 cm³/mol. The zero-order valence-corrected chi connectivity index (χ0v) is 16.7. The first-order valence-corrected chi connectivity index (χ1v) is 9.96. The van der Waals surface area contributed by atoms with Gasteiger partial charge < -0.3 is 19.9 Å². The number of rotatable bonds is 8. The molecule has 0 saturated heterocycles. The Kier molecular flexibility index (Phi) is 6.68. The zero-order valence-electron chi connectivity index (χ0n) is 16.7. The van der Waals surface area contributed by atoms with Crippen LogP contribution >= 0.6 is 0 Å². The van der Waals surface area contributed by atoms with Crippen molar-refractivity contribution in [3.63, 3.8) is 0 Å². The third-order valence-corrected chi connectivity index (χ3v) is 6.07. The second-order valence-corrected chi connectivity index (χ2v) is 7.81. The van der Waals surface area contributed by atoms with Gasteiger partial charge in [0, 0.05) is 25.6 Å². The second kappa shape index (κ2) is 8.98. The Balaban J connectivity index is 1.52. The van der Waals surface area contributed by atoms with Crippen LogP contribution in [0, 0.1) is 5.92 Å². The van der Waals surface area contributed by atoms with Crippen molar-refractivity contribution >= 4 is 11.0 Å². The van der Waals surface area contributed by atoms with Gasteiger partial charge in [0.05, 0.1) is 30.1 Å². The molecule has 5 heteroatoms. The summed E-state index contributed by atoms with van der Waals surface area (Å²) >= 11 is 0. The van der Waals surface area contributed by atoms with Crippen molar-refractivity contribution in [2.45, 2.75) is 50.7 Å². The fourth-order valence-electron chi connectivity index (χ4n) is 4.10. The lowest BCUT2D eigenvalue weighted by Gasteiger charge is -2.31. The Labute approximate surface area is 157 Å². The van der Waals surface area contributed by atoms with E-state index in [2.05, 4.69) is 52.4 Å². The topological polar surface area (TPSA) is 51.1 Å². The van der Waals surface area contributed by atoms with Crippen molar-refractivity contribution in [3.05, 3.63) is 30.1 Å². The minimum Gasteiger partial charge on any atom is -0.378 e. The maximum absolute atomic E-state index is 6.29. The smallest absolute Gasteiger partial charge is 0.0955 e. The number of aromatic nitrogens is 2. The molecule has 0 aliphatic heterocycles. The van der Waals surface area contributed by atoms with Gasteiger partial charge in [0.15, 0.2) is 0 Å². The van der Waals surface area contributed by atoms with E-state index in [1.54, 1.807) is 0 Å². The molecule has 2 unspecified atom stereocenters. The van der Waals surface area contributed by atoms with Crippen LogP contribution in [-0.4, -0.2) is 48.9 Å². The largest absolute Gasteiger partial charge is 0.378 e. The van der Waals surface area contributed by atoms with Gasteiger partial charge in [0.2, 0.25) is 0 Å². The summed E-state index contributed by atoms with van der Waals surface area (Å²) in [6, 6.07) is 7.21. The number of hydrogen-bond donors (Lipinski definition) is 2. The molecule has 1 aromatic carbocycles. The molecule has 2 N–H and O–H groups in total. The minimum atomic E-state index is 0.412. The molecule has 2 atom stereocenters. The third kappa shape index (κ3) is 4.45. The summed E-state index contributed by atoms with van der Waals surface area (Å²) in [7, 11) is 6.11. The van der Waals surface area contributed by atoms with Crippen molar-refractivity contribution < 1.29 is 4.74 Å². The minimum absolute atomic E-state index is 0.412. The Morgan fingerprint density at radius 1 is 1.23 bits per heavy atom. The van der Waals surface area contributed by atoms with E-state index >= 15 is 0 Å². The number of nitrogens with zero attached hydrogens (tertiary/aromatic N) is 2. The summed E-state index contributed by atoms with van der Waals surface area (Å²) in [5, 5.41) is 6.65. The lowest BCUT2D eigenvalue weighted by atomic mass is 9.82. The highest BCUT2D eigenvalue weighted by Gasteiger charge is 2.25. The van der Waals surface area contributed by atoms with Gasteiger partial charge in [0.1, 0.15) is 0 Å². The Bertz CT molecular complexity index is 690. The Morgan fingerprint density at radius 3 is 2.69 bits per heavy atom. The maximum atomic E-state index is 6.29. The highest BCUT2D eigenvalue weighted by atomic mass is 16.5. The lowest BCUT2D eigenvalue weighted by Crippen LogP contribution is -2.40. The van der Waals surface area contributed by atoms with Gasteiger partial charge in [0.25, 0.3) is 0 Å². The summed E-state index contributed by atoms with van der Waals surface area (Å²) in [5.41, 5.74) is 3.77. The lowest BCUT2D eigenvalue weighted by molar-refractivity contribution is -0.000115. The van der Waals surface area contributed by atoms with Crippen molar-refractivity contribution in [1.82, 2.24) is 20.2 Å². The molecule has 26 heavy (non-hydrogen) atoms. The van der Waals surface area contributed by atoms with Crippen molar-refractivity contribution in [2.75, 3.05) is 27.2 Å². The van der Waals surface area contributed by atoms with Crippen LogP contribution < -0.4 is 10.6 Å². The molecular formula is C21H34N4O. The Morgan fingerprint density at radius 2 is 2.00 bits per heavy atom. The summed E-state index contributed by atoms with van der Waals surface area (Å²) in [6.45, 7) is 4.05. The van der Waals surface area contributed by atoms with E-state index in [-0.39, 0.29) is 0 Å². The van der Waals surface area contributed by atoms with Crippen LogP contribution in [0.25, 0.3) is 11.0 Å². The zero-order chi connectivity index (χ0) is 18.5. The number of fused-ring (bicyclic) bond motifs is 1. The van der Waals surface area contributed by atoms with E-state index in [4.69, 9.17) is 4.74 Å². The van der Waals surface area contributed by atoms with E-state index in [1.807, 2.05) is 20.4 Å². The van der Waals surface area contributed by atoms with E-state index in [9.17, 15) is 0 Å². The monoisotopic (exact) mass is 358 g/mol. The van der Waals surface area contributed by atoms with Crippen LogP contribution in [0.4, 0.5) is 0 Å². The molecule has 1 aromatic heterocycles. The van der Waals surface area contributed by atoms with Crippen LogP contribution in [0.2, 0.25) is 0 Å². The number of nitrogens with one attached hydrogen (secondary N) is 2. The van der Waals surface area contributed by atoms with Crippen molar-refractivity contribution in [3.8, 4) is 0 Å². The average molecular weight is 359 g/mol. The molecule has 2 aromatic rings. The van der Waals surface area contributed by atoms with Gasteiger partial charge in [-0.2, -0.15) is 0 Å². The molecule has 0 radical (unpaired) electrons. The van der Waals surface area contributed by atoms with Crippen LogP contribution in [-0.2, 0) is 11.8 Å². The molecule has 1 saturated carbocycles. The molecule has 1 aliphatic carbocycles. The molecule has 144 valence electrons. The molecule has 1 heterocycles. The molecule has 3 rings (SSSR count). The van der Waals surface area contributed by atoms with Gasteiger partial charge in [-0.05, 0) is 70.3 Å². The summed E-state index contributed by atoms with van der Waals surface area (Å²) in [4.78, 5) is 4.43. The van der Waals surface area contributed by atoms with Gasteiger partial charge in [-0.15, -0.1) is 0 Å².